The van der Waals surface area contributed by atoms with Crippen LogP contribution in [-0.2, 0) is 19.5 Å². The number of rotatable bonds is 4. The van der Waals surface area contributed by atoms with Crippen molar-refractivity contribution in [3.8, 4) is 0 Å². The maximum Gasteiger partial charge on any atom is 0.0539 e. The molecule has 0 amide bonds. The molecule has 96 valence electrons. The molecule has 0 saturated heterocycles. The van der Waals surface area contributed by atoms with E-state index in [-0.39, 0.29) is 0 Å². The number of aryl methyl sites for hydroxylation is 2. The normalized spacial score (nSPS) is 10.7. The third-order valence-corrected chi connectivity index (χ3v) is 3.31. The number of alkyl halides is 1. The van der Waals surface area contributed by atoms with Gasteiger partial charge in [-0.25, -0.2) is 0 Å². The van der Waals surface area contributed by atoms with Gasteiger partial charge in [0.1, 0.15) is 0 Å². The predicted molar refractivity (Wildman–Crippen MR) is 76.1 cm³/mol. The minimum Gasteiger partial charge on any atom is -0.370 e. The molecular weight excluding hydrogens is 246 g/mol. The Hall–Kier alpha value is -1.48. The second-order valence-electron chi connectivity index (χ2n) is 4.63. The lowest BCUT2D eigenvalue weighted by atomic mass is 10.1. The zero-order chi connectivity index (χ0) is 13.1. The summed E-state index contributed by atoms with van der Waals surface area (Å²) in [6, 6.07) is 6.35. The van der Waals surface area contributed by atoms with Crippen LogP contribution in [-0.4, -0.2) is 16.8 Å². The predicted octanol–water partition coefficient (Wildman–Crippen LogP) is 3.10. The van der Waals surface area contributed by atoms with Crippen LogP contribution in [0.1, 0.15) is 16.7 Å². The molecule has 1 heterocycles. The fourth-order valence-corrected chi connectivity index (χ4v) is 2.31. The van der Waals surface area contributed by atoms with Crippen molar-refractivity contribution in [3.63, 3.8) is 0 Å². The van der Waals surface area contributed by atoms with Crippen LogP contribution >= 0.6 is 11.6 Å². The van der Waals surface area contributed by atoms with Gasteiger partial charge in [0.25, 0.3) is 0 Å². The van der Waals surface area contributed by atoms with Gasteiger partial charge in [-0.15, -0.1) is 11.6 Å². The topological polar surface area (TPSA) is 21.1 Å². The smallest absolute Gasteiger partial charge is 0.0539 e. The number of benzene rings is 1. The van der Waals surface area contributed by atoms with Crippen molar-refractivity contribution in [2.24, 2.45) is 7.05 Å². The Labute approximate surface area is 113 Å². The molecule has 0 aliphatic rings. The average molecular weight is 264 g/mol. The molecule has 0 saturated carbocycles. The average Bonchev–Trinajstić information content (AvgIpc) is 2.74. The number of hydrogen-bond donors (Lipinski definition) is 0. The monoisotopic (exact) mass is 263 g/mol. The Morgan fingerprint density at radius 3 is 2.67 bits per heavy atom. The second kappa shape index (κ2) is 5.44. The molecule has 1 aromatic heterocycles. The van der Waals surface area contributed by atoms with E-state index in [4.69, 9.17) is 11.6 Å². The van der Waals surface area contributed by atoms with Crippen molar-refractivity contribution < 1.29 is 0 Å². The van der Waals surface area contributed by atoms with Crippen LogP contribution in [0.5, 0.6) is 0 Å². The minimum atomic E-state index is 0.563. The summed E-state index contributed by atoms with van der Waals surface area (Å²) in [6.07, 6.45) is 3.94. The highest BCUT2D eigenvalue weighted by molar-refractivity contribution is 6.17. The first kappa shape index (κ1) is 13.0. The number of anilines is 1. The van der Waals surface area contributed by atoms with Gasteiger partial charge in [0.15, 0.2) is 0 Å². The third kappa shape index (κ3) is 2.85. The fraction of sp³-hybridized carbons (Fsp3) is 0.357. The third-order valence-electron chi connectivity index (χ3n) is 3.00. The molecule has 0 aliphatic carbocycles. The highest BCUT2D eigenvalue weighted by atomic mass is 35.5. The summed E-state index contributed by atoms with van der Waals surface area (Å²) < 4.78 is 1.83. The van der Waals surface area contributed by atoms with Gasteiger partial charge in [-0.3, -0.25) is 4.68 Å². The van der Waals surface area contributed by atoms with Crippen molar-refractivity contribution in [1.82, 2.24) is 9.78 Å². The first-order valence-corrected chi connectivity index (χ1v) is 6.47. The van der Waals surface area contributed by atoms with Crippen LogP contribution in [0.4, 0.5) is 5.69 Å². The summed E-state index contributed by atoms with van der Waals surface area (Å²) in [5.74, 6) is 0.563. The van der Waals surface area contributed by atoms with Gasteiger partial charge in [0.2, 0.25) is 0 Å². The van der Waals surface area contributed by atoms with Crippen LogP contribution in [0.25, 0.3) is 0 Å². The Bertz CT molecular complexity index is 534. The number of aromatic nitrogens is 2. The van der Waals surface area contributed by atoms with E-state index in [1.165, 1.54) is 16.8 Å². The standard InChI is InChI=1S/C14H18ClN3/c1-11-6-12(7-15)4-5-14(11)17(2)9-13-8-16-18(3)10-13/h4-6,8,10H,7,9H2,1-3H3. The molecule has 0 atom stereocenters. The van der Waals surface area contributed by atoms with E-state index in [1.807, 2.05) is 24.1 Å². The summed E-state index contributed by atoms with van der Waals surface area (Å²) >= 11 is 5.84. The van der Waals surface area contributed by atoms with Crippen molar-refractivity contribution in [2.75, 3.05) is 11.9 Å². The van der Waals surface area contributed by atoms with E-state index in [0.717, 1.165) is 12.1 Å². The molecule has 3 nitrogen and oxygen atoms in total. The van der Waals surface area contributed by atoms with Crippen LogP contribution < -0.4 is 4.90 Å². The zero-order valence-corrected chi connectivity index (χ0v) is 11.8. The van der Waals surface area contributed by atoms with Gasteiger partial charge < -0.3 is 4.90 Å². The molecule has 0 fully saturated rings. The number of halogens is 1. The molecule has 2 aromatic rings. The molecule has 4 heteroatoms. The maximum atomic E-state index is 5.84. The summed E-state index contributed by atoms with van der Waals surface area (Å²) in [6.45, 7) is 2.97. The Morgan fingerprint density at radius 2 is 2.11 bits per heavy atom. The fourth-order valence-electron chi connectivity index (χ4n) is 2.14. The SMILES string of the molecule is Cc1cc(CCl)ccc1N(C)Cc1cnn(C)c1. The molecule has 0 aliphatic heterocycles. The molecule has 1 aromatic carbocycles. The molecule has 18 heavy (non-hydrogen) atoms. The van der Waals surface area contributed by atoms with Crippen LogP contribution in [0.2, 0.25) is 0 Å². The number of nitrogens with zero attached hydrogens (tertiary/aromatic N) is 3. The summed E-state index contributed by atoms with van der Waals surface area (Å²) in [5.41, 5.74) is 4.85. The molecule has 0 bridgehead atoms. The molecule has 0 unspecified atom stereocenters. The van der Waals surface area contributed by atoms with E-state index in [0.29, 0.717) is 5.88 Å². The molecule has 0 spiro atoms. The Balaban J connectivity index is 2.15. The lowest BCUT2D eigenvalue weighted by Crippen LogP contribution is -2.17. The van der Waals surface area contributed by atoms with E-state index < -0.39 is 0 Å². The van der Waals surface area contributed by atoms with Crippen LogP contribution in [0, 0.1) is 6.92 Å². The van der Waals surface area contributed by atoms with E-state index >= 15 is 0 Å². The van der Waals surface area contributed by atoms with Crippen LogP contribution in [0.15, 0.2) is 30.6 Å². The second-order valence-corrected chi connectivity index (χ2v) is 4.90. The van der Waals surface area contributed by atoms with Crippen molar-refractivity contribution in [3.05, 3.63) is 47.3 Å². The molecule has 0 radical (unpaired) electrons. The zero-order valence-electron chi connectivity index (χ0n) is 11.0. The summed E-state index contributed by atoms with van der Waals surface area (Å²) in [5, 5.41) is 4.19. The van der Waals surface area contributed by atoms with E-state index in [2.05, 4.69) is 42.2 Å². The van der Waals surface area contributed by atoms with Crippen molar-refractivity contribution >= 4 is 17.3 Å². The van der Waals surface area contributed by atoms with E-state index in [9.17, 15) is 0 Å². The Kier molecular flexibility index (Phi) is 3.92. The highest BCUT2D eigenvalue weighted by Gasteiger charge is 2.07. The lowest BCUT2D eigenvalue weighted by Gasteiger charge is -2.21. The van der Waals surface area contributed by atoms with Gasteiger partial charge in [-0.05, 0) is 24.1 Å². The molecule has 2 rings (SSSR count). The summed E-state index contributed by atoms with van der Waals surface area (Å²) in [7, 11) is 4.03. The van der Waals surface area contributed by atoms with Crippen LogP contribution in [0.3, 0.4) is 0 Å². The quantitative estimate of drug-likeness (QED) is 0.791. The molecular formula is C14H18ClN3. The molecule has 0 N–H and O–H groups in total. The summed E-state index contributed by atoms with van der Waals surface area (Å²) in [4.78, 5) is 2.23. The largest absolute Gasteiger partial charge is 0.370 e. The van der Waals surface area contributed by atoms with Gasteiger partial charge >= 0.3 is 0 Å². The first-order chi connectivity index (χ1) is 8.60. The first-order valence-electron chi connectivity index (χ1n) is 5.94. The van der Waals surface area contributed by atoms with Gasteiger partial charge in [-0.2, -0.15) is 5.10 Å². The van der Waals surface area contributed by atoms with Crippen molar-refractivity contribution in [2.45, 2.75) is 19.3 Å². The van der Waals surface area contributed by atoms with Gasteiger partial charge in [0, 0.05) is 44.0 Å². The maximum absolute atomic E-state index is 5.84. The lowest BCUT2D eigenvalue weighted by molar-refractivity contribution is 0.766. The van der Waals surface area contributed by atoms with Gasteiger partial charge in [-0.1, -0.05) is 12.1 Å². The Morgan fingerprint density at radius 1 is 1.33 bits per heavy atom. The van der Waals surface area contributed by atoms with E-state index in [1.54, 1.807) is 0 Å². The van der Waals surface area contributed by atoms with Gasteiger partial charge in [0.05, 0.1) is 6.20 Å². The highest BCUT2D eigenvalue weighted by Crippen LogP contribution is 2.22. The number of hydrogen-bond acceptors (Lipinski definition) is 2. The minimum absolute atomic E-state index is 0.563. The van der Waals surface area contributed by atoms with Crippen molar-refractivity contribution in [1.29, 1.82) is 0 Å².